The number of nitrogens with one attached hydrogen (secondary N) is 1. The molecule has 1 aliphatic carbocycles. The molecule has 10 nitrogen and oxygen atoms in total. The fourth-order valence-corrected chi connectivity index (χ4v) is 6.41. The van der Waals surface area contributed by atoms with Crippen LogP contribution in [0.2, 0.25) is 0 Å². The van der Waals surface area contributed by atoms with Crippen LogP contribution in [0.4, 0.5) is 10.2 Å². The van der Waals surface area contributed by atoms with Gasteiger partial charge in [-0.2, -0.15) is 14.4 Å². The quantitative estimate of drug-likeness (QED) is 0.230. The Kier molecular flexibility index (Phi) is 5.79. The Morgan fingerprint density at radius 1 is 1.25 bits per heavy atom. The van der Waals surface area contributed by atoms with Gasteiger partial charge in [-0.3, -0.25) is 0 Å². The molecular formula is C18H18FIN6O4S2. The number of ether oxygens (including phenoxy) is 2. The number of benzene rings is 1. The second-order valence-corrected chi connectivity index (χ2v) is 11.5. The number of rotatable bonds is 8. The van der Waals surface area contributed by atoms with Gasteiger partial charge in [-0.25, -0.2) is 18.1 Å². The molecule has 3 aromatic rings. The van der Waals surface area contributed by atoms with E-state index in [2.05, 4.69) is 42.3 Å². The van der Waals surface area contributed by atoms with Crippen LogP contribution in [-0.2, 0) is 16.6 Å². The third-order valence-corrected chi connectivity index (χ3v) is 9.28. The molecule has 0 spiro atoms. The topological polar surface area (TPSA) is 134 Å². The Bertz CT molecular complexity index is 1310. The molecule has 2 aliphatic rings. The number of nitrogen functional groups attached to an aromatic ring is 1. The van der Waals surface area contributed by atoms with Crippen LogP contribution in [-0.4, -0.2) is 46.5 Å². The fourth-order valence-electron chi connectivity index (χ4n) is 3.28. The third-order valence-electron chi connectivity index (χ3n) is 5.01. The lowest BCUT2D eigenvalue weighted by Gasteiger charge is -2.10. The van der Waals surface area contributed by atoms with E-state index in [1.807, 2.05) is 12.1 Å². The molecular weight excluding hydrogens is 574 g/mol. The van der Waals surface area contributed by atoms with E-state index < -0.39 is 16.1 Å². The van der Waals surface area contributed by atoms with Crippen molar-refractivity contribution in [2.24, 2.45) is 0 Å². The van der Waals surface area contributed by atoms with Gasteiger partial charge < -0.3 is 19.8 Å². The summed E-state index contributed by atoms with van der Waals surface area (Å²) in [5, 5.41) is 0.255. The molecule has 32 heavy (non-hydrogen) atoms. The lowest BCUT2D eigenvalue weighted by atomic mass is 10.3. The predicted molar refractivity (Wildman–Crippen MR) is 124 cm³/mol. The average Bonchev–Trinajstić information content (AvgIpc) is 3.42. The first-order valence-electron chi connectivity index (χ1n) is 9.76. The normalized spacial score (nSPS) is 15.6. The Balaban J connectivity index is 1.43. The molecule has 0 amide bonds. The number of hydrogen-bond donors (Lipinski definition) is 2. The maximum absolute atomic E-state index is 13.9. The number of nitrogens with zero attached hydrogens (tertiary/aromatic N) is 4. The van der Waals surface area contributed by atoms with Crippen LogP contribution in [0.1, 0.15) is 19.3 Å². The molecule has 2 aromatic heterocycles. The summed E-state index contributed by atoms with van der Waals surface area (Å²) in [7, 11) is -3.27. The average molecular weight is 592 g/mol. The van der Waals surface area contributed by atoms with Crippen molar-refractivity contribution in [2.45, 2.75) is 41.1 Å². The number of nitrogens with two attached hydrogens (primary N) is 1. The molecule has 0 atom stereocenters. The van der Waals surface area contributed by atoms with E-state index in [0.29, 0.717) is 48.0 Å². The molecule has 0 radical (unpaired) electrons. The zero-order chi connectivity index (χ0) is 22.5. The summed E-state index contributed by atoms with van der Waals surface area (Å²) in [6, 6.07) is 3.73. The summed E-state index contributed by atoms with van der Waals surface area (Å²) in [6.45, 7) is 0.788. The standard InChI is InChI=1S/C18H18FIN6O4S2/c19-17-24-15(21)14-16(25-17)26(5-1-4-22-32(27,28)9-2-3-9)18(23-14)31-13-7-12-11(6-10(13)20)29-8-30-12/h6-7,9,22H,1-5,8H2,(H2,21,24,25). The first kappa shape index (κ1) is 21.9. The fraction of sp³-hybridized carbons (Fsp3) is 0.389. The maximum Gasteiger partial charge on any atom is 0.312 e. The van der Waals surface area contributed by atoms with Crippen LogP contribution in [0, 0.1) is 9.65 Å². The molecule has 0 saturated heterocycles. The van der Waals surface area contributed by atoms with Gasteiger partial charge in [-0.1, -0.05) is 11.8 Å². The molecule has 1 aliphatic heterocycles. The molecule has 14 heteroatoms. The van der Waals surface area contributed by atoms with Gasteiger partial charge in [-0.05, 0) is 54.0 Å². The number of imidazole rings is 1. The number of halogens is 2. The maximum atomic E-state index is 13.9. The predicted octanol–water partition coefficient (Wildman–Crippen LogP) is 2.50. The summed E-state index contributed by atoms with van der Waals surface area (Å²) >= 11 is 3.55. The smallest absolute Gasteiger partial charge is 0.312 e. The molecule has 1 aromatic carbocycles. The van der Waals surface area contributed by atoms with E-state index >= 15 is 0 Å². The summed E-state index contributed by atoms with van der Waals surface area (Å²) in [5.41, 5.74) is 6.44. The number of fused-ring (bicyclic) bond motifs is 2. The van der Waals surface area contributed by atoms with E-state index in [-0.39, 0.29) is 30.1 Å². The van der Waals surface area contributed by atoms with E-state index in [4.69, 9.17) is 15.2 Å². The second-order valence-electron chi connectivity index (χ2n) is 7.33. The minimum absolute atomic E-state index is 0.0529. The Morgan fingerprint density at radius 2 is 2.00 bits per heavy atom. The molecule has 0 bridgehead atoms. The van der Waals surface area contributed by atoms with Crippen molar-refractivity contribution in [1.29, 1.82) is 0 Å². The monoisotopic (exact) mass is 592 g/mol. The zero-order valence-electron chi connectivity index (χ0n) is 16.5. The van der Waals surface area contributed by atoms with Crippen LogP contribution in [0.3, 0.4) is 0 Å². The highest BCUT2D eigenvalue weighted by Crippen LogP contribution is 2.41. The van der Waals surface area contributed by atoms with Crippen LogP contribution in [0.15, 0.2) is 22.2 Å². The van der Waals surface area contributed by atoms with Crippen molar-refractivity contribution in [2.75, 3.05) is 19.1 Å². The van der Waals surface area contributed by atoms with Crippen molar-refractivity contribution in [3.05, 3.63) is 21.8 Å². The van der Waals surface area contributed by atoms with Crippen molar-refractivity contribution in [3.63, 3.8) is 0 Å². The molecule has 170 valence electrons. The lowest BCUT2D eigenvalue weighted by Crippen LogP contribution is -2.28. The van der Waals surface area contributed by atoms with Gasteiger partial charge in [-0.15, -0.1) is 0 Å². The Labute approximate surface area is 200 Å². The van der Waals surface area contributed by atoms with Gasteiger partial charge >= 0.3 is 6.08 Å². The van der Waals surface area contributed by atoms with Crippen molar-refractivity contribution in [3.8, 4) is 11.5 Å². The number of anilines is 1. The van der Waals surface area contributed by atoms with Crippen molar-refractivity contribution >= 4 is 61.4 Å². The van der Waals surface area contributed by atoms with Gasteiger partial charge in [0.05, 0.1) is 5.25 Å². The van der Waals surface area contributed by atoms with Gasteiger partial charge in [0.15, 0.2) is 33.6 Å². The highest BCUT2D eigenvalue weighted by atomic mass is 127. The summed E-state index contributed by atoms with van der Waals surface area (Å²) in [5.74, 6) is 1.26. The van der Waals surface area contributed by atoms with Gasteiger partial charge in [0.25, 0.3) is 0 Å². The van der Waals surface area contributed by atoms with E-state index in [1.165, 1.54) is 11.8 Å². The molecule has 0 unspecified atom stereocenters. The van der Waals surface area contributed by atoms with E-state index in [9.17, 15) is 12.8 Å². The Morgan fingerprint density at radius 3 is 2.75 bits per heavy atom. The molecule has 5 rings (SSSR count). The number of aromatic nitrogens is 4. The first-order valence-corrected chi connectivity index (χ1v) is 13.2. The number of hydrogen-bond acceptors (Lipinski definition) is 9. The third kappa shape index (κ3) is 4.32. The molecule has 3 N–H and O–H groups in total. The van der Waals surface area contributed by atoms with E-state index in [0.717, 1.165) is 8.47 Å². The minimum Gasteiger partial charge on any atom is -0.454 e. The summed E-state index contributed by atoms with van der Waals surface area (Å²) in [4.78, 5) is 12.9. The van der Waals surface area contributed by atoms with Crippen LogP contribution in [0.5, 0.6) is 11.5 Å². The Hall–Kier alpha value is -1.91. The van der Waals surface area contributed by atoms with Gasteiger partial charge in [0, 0.05) is 21.6 Å². The number of sulfonamides is 1. The van der Waals surface area contributed by atoms with Crippen LogP contribution < -0.4 is 19.9 Å². The summed E-state index contributed by atoms with van der Waals surface area (Å²) in [6.07, 6.45) is 0.923. The van der Waals surface area contributed by atoms with Gasteiger partial charge in [0.2, 0.25) is 16.8 Å². The van der Waals surface area contributed by atoms with Crippen molar-refractivity contribution < 1.29 is 22.3 Å². The molecule has 3 heterocycles. The van der Waals surface area contributed by atoms with Crippen molar-refractivity contribution in [1.82, 2.24) is 24.2 Å². The zero-order valence-corrected chi connectivity index (χ0v) is 20.3. The second kappa shape index (κ2) is 8.46. The highest BCUT2D eigenvalue weighted by molar-refractivity contribution is 14.1. The van der Waals surface area contributed by atoms with E-state index in [1.54, 1.807) is 4.57 Å². The van der Waals surface area contributed by atoms with Gasteiger partial charge in [0.1, 0.15) is 0 Å². The highest BCUT2D eigenvalue weighted by Gasteiger charge is 2.35. The molecule has 1 saturated carbocycles. The summed E-state index contributed by atoms with van der Waals surface area (Å²) < 4.78 is 54.2. The molecule has 1 fully saturated rings. The van der Waals surface area contributed by atoms with Crippen LogP contribution >= 0.6 is 34.4 Å². The SMILES string of the molecule is Nc1nc(F)nc2c1nc(Sc1cc3c(cc1I)OCO3)n2CCCNS(=O)(=O)C1CC1. The first-order chi connectivity index (χ1) is 15.3. The number of aryl methyl sites for hydroxylation is 1. The van der Waals surface area contributed by atoms with Crippen LogP contribution in [0.25, 0.3) is 11.2 Å². The minimum atomic E-state index is -3.27. The lowest BCUT2D eigenvalue weighted by molar-refractivity contribution is 0.174. The largest absolute Gasteiger partial charge is 0.454 e.